The molecule has 2 aromatic rings. The number of benzene rings is 2. The van der Waals surface area contributed by atoms with Crippen molar-refractivity contribution in [3.8, 4) is 0 Å². The van der Waals surface area contributed by atoms with Crippen molar-refractivity contribution >= 4 is 17.1 Å². The SMILES string of the molecule is C=CC.CNc1cccc2c1N1c3ccccc3CC1C2. The van der Waals surface area contributed by atoms with E-state index in [1.165, 1.54) is 41.0 Å². The number of hydrogen-bond donors (Lipinski definition) is 1. The highest BCUT2D eigenvalue weighted by atomic mass is 15.2. The van der Waals surface area contributed by atoms with Crippen LogP contribution < -0.4 is 10.2 Å². The summed E-state index contributed by atoms with van der Waals surface area (Å²) in [6.07, 6.45) is 4.09. The summed E-state index contributed by atoms with van der Waals surface area (Å²) in [5.41, 5.74) is 6.98. The minimum Gasteiger partial charge on any atom is -0.386 e. The molecule has 108 valence electrons. The summed E-state index contributed by atoms with van der Waals surface area (Å²) in [7, 11) is 2.00. The maximum absolute atomic E-state index is 3.36. The summed E-state index contributed by atoms with van der Waals surface area (Å²) in [4.78, 5) is 2.52. The van der Waals surface area contributed by atoms with E-state index in [4.69, 9.17) is 0 Å². The minimum absolute atomic E-state index is 0.617. The van der Waals surface area contributed by atoms with Crippen LogP contribution in [0.25, 0.3) is 0 Å². The molecule has 0 aliphatic carbocycles. The molecule has 0 spiro atoms. The molecule has 2 aromatic carbocycles. The van der Waals surface area contributed by atoms with Gasteiger partial charge in [0.25, 0.3) is 0 Å². The number of allylic oxidation sites excluding steroid dienone is 1. The van der Waals surface area contributed by atoms with Gasteiger partial charge in [0, 0.05) is 18.8 Å². The second kappa shape index (κ2) is 5.65. The highest BCUT2D eigenvalue weighted by Gasteiger charge is 2.37. The zero-order valence-electron chi connectivity index (χ0n) is 12.8. The lowest BCUT2D eigenvalue weighted by Crippen LogP contribution is -2.23. The highest BCUT2D eigenvalue weighted by Crippen LogP contribution is 2.48. The molecular formula is C19H22N2. The van der Waals surface area contributed by atoms with Gasteiger partial charge in [-0.25, -0.2) is 0 Å². The Balaban J connectivity index is 0.000000409. The molecule has 1 unspecified atom stereocenters. The van der Waals surface area contributed by atoms with Crippen molar-refractivity contribution in [3.05, 3.63) is 66.2 Å². The van der Waals surface area contributed by atoms with Gasteiger partial charge in [0.1, 0.15) is 0 Å². The molecule has 0 bridgehead atoms. The van der Waals surface area contributed by atoms with Crippen LogP contribution in [-0.2, 0) is 12.8 Å². The maximum Gasteiger partial charge on any atom is 0.0682 e. The van der Waals surface area contributed by atoms with Gasteiger partial charge in [-0.05, 0) is 43.0 Å². The smallest absolute Gasteiger partial charge is 0.0682 e. The fourth-order valence-electron chi connectivity index (χ4n) is 3.42. The van der Waals surface area contributed by atoms with Gasteiger partial charge in [-0.3, -0.25) is 0 Å². The van der Waals surface area contributed by atoms with E-state index in [-0.39, 0.29) is 0 Å². The molecule has 2 heterocycles. The van der Waals surface area contributed by atoms with Crippen LogP contribution >= 0.6 is 0 Å². The average molecular weight is 278 g/mol. The molecule has 2 nitrogen and oxygen atoms in total. The van der Waals surface area contributed by atoms with Crippen molar-refractivity contribution in [2.75, 3.05) is 17.3 Å². The van der Waals surface area contributed by atoms with Crippen molar-refractivity contribution in [3.63, 3.8) is 0 Å². The predicted molar refractivity (Wildman–Crippen MR) is 91.6 cm³/mol. The van der Waals surface area contributed by atoms with E-state index in [2.05, 4.69) is 59.3 Å². The molecule has 0 radical (unpaired) electrons. The molecule has 0 fully saturated rings. The van der Waals surface area contributed by atoms with E-state index in [9.17, 15) is 0 Å². The van der Waals surface area contributed by atoms with Crippen LogP contribution in [0.5, 0.6) is 0 Å². The quantitative estimate of drug-likeness (QED) is 0.770. The van der Waals surface area contributed by atoms with Crippen molar-refractivity contribution < 1.29 is 0 Å². The van der Waals surface area contributed by atoms with Crippen molar-refractivity contribution in [1.82, 2.24) is 0 Å². The number of para-hydroxylation sites is 2. The molecule has 4 rings (SSSR count). The van der Waals surface area contributed by atoms with E-state index in [0.29, 0.717) is 6.04 Å². The first-order valence-electron chi connectivity index (χ1n) is 7.54. The van der Waals surface area contributed by atoms with Crippen LogP contribution in [-0.4, -0.2) is 13.1 Å². The molecule has 2 heteroatoms. The molecule has 1 atom stereocenters. The molecule has 2 aliphatic rings. The van der Waals surface area contributed by atoms with Gasteiger partial charge in [0.2, 0.25) is 0 Å². The number of fused-ring (bicyclic) bond motifs is 5. The molecule has 0 saturated heterocycles. The Hall–Kier alpha value is -2.22. The largest absolute Gasteiger partial charge is 0.386 e. The van der Waals surface area contributed by atoms with E-state index >= 15 is 0 Å². The fraction of sp³-hybridized carbons (Fsp3) is 0.263. The Labute approximate surface area is 127 Å². The first-order chi connectivity index (χ1) is 10.3. The van der Waals surface area contributed by atoms with E-state index in [1.807, 2.05) is 14.0 Å². The Kier molecular flexibility index (Phi) is 3.70. The summed E-state index contributed by atoms with van der Waals surface area (Å²) >= 11 is 0. The molecule has 2 aliphatic heterocycles. The molecular weight excluding hydrogens is 256 g/mol. The minimum atomic E-state index is 0.617. The molecule has 1 N–H and O–H groups in total. The summed E-state index contributed by atoms with van der Waals surface area (Å²) in [6, 6.07) is 16.0. The van der Waals surface area contributed by atoms with Crippen LogP contribution in [0.15, 0.2) is 55.1 Å². The molecule has 0 aromatic heterocycles. The van der Waals surface area contributed by atoms with E-state index in [1.54, 1.807) is 6.08 Å². The van der Waals surface area contributed by atoms with Crippen molar-refractivity contribution in [2.24, 2.45) is 0 Å². The Morgan fingerprint density at radius 3 is 2.52 bits per heavy atom. The highest BCUT2D eigenvalue weighted by molar-refractivity contribution is 5.85. The second-order valence-corrected chi connectivity index (χ2v) is 5.53. The first kappa shape index (κ1) is 13.7. The first-order valence-corrected chi connectivity index (χ1v) is 7.54. The van der Waals surface area contributed by atoms with Gasteiger partial charge in [-0.15, -0.1) is 6.58 Å². The lowest BCUT2D eigenvalue weighted by molar-refractivity contribution is 0.725. The van der Waals surface area contributed by atoms with Crippen LogP contribution in [0, 0.1) is 0 Å². The summed E-state index contributed by atoms with van der Waals surface area (Å²) < 4.78 is 0. The van der Waals surface area contributed by atoms with Gasteiger partial charge in [0.05, 0.1) is 11.4 Å². The van der Waals surface area contributed by atoms with E-state index < -0.39 is 0 Å². The van der Waals surface area contributed by atoms with Crippen molar-refractivity contribution in [1.29, 1.82) is 0 Å². The zero-order chi connectivity index (χ0) is 14.8. The van der Waals surface area contributed by atoms with Gasteiger partial charge in [-0.1, -0.05) is 36.4 Å². The lowest BCUT2D eigenvalue weighted by atomic mass is 10.0. The third kappa shape index (κ3) is 2.21. The number of hydrogen-bond acceptors (Lipinski definition) is 2. The standard InChI is InChI=1S/C16H16N2.C3H6/c1-17-14-7-4-6-12-10-13-9-11-5-2-3-8-15(11)18(13)16(12)14;1-3-2/h2-8,13,17H,9-10H2,1H3;3H,1H2,2H3. The average Bonchev–Trinajstić information content (AvgIpc) is 3.02. The van der Waals surface area contributed by atoms with Gasteiger partial charge < -0.3 is 10.2 Å². The van der Waals surface area contributed by atoms with Gasteiger partial charge in [-0.2, -0.15) is 0 Å². The number of rotatable bonds is 1. The normalized spacial score (nSPS) is 17.2. The summed E-state index contributed by atoms with van der Waals surface area (Å²) in [5, 5.41) is 3.33. The predicted octanol–water partition coefficient (Wildman–Crippen LogP) is 4.54. The summed E-state index contributed by atoms with van der Waals surface area (Å²) in [5.74, 6) is 0. The maximum atomic E-state index is 3.36. The Morgan fingerprint density at radius 1 is 1.10 bits per heavy atom. The Bertz CT molecular complexity index is 660. The van der Waals surface area contributed by atoms with Crippen LogP contribution in [0.2, 0.25) is 0 Å². The van der Waals surface area contributed by atoms with Gasteiger partial charge in [0.15, 0.2) is 0 Å². The summed E-state index contributed by atoms with van der Waals surface area (Å²) in [6.45, 7) is 5.25. The number of nitrogens with one attached hydrogen (secondary N) is 1. The lowest BCUT2D eigenvalue weighted by Gasteiger charge is -2.22. The molecule has 0 amide bonds. The zero-order valence-corrected chi connectivity index (χ0v) is 12.8. The number of anilines is 3. The Morgan fingerprint density at radius 2 is 1.76 bits per heavy atom. The topological polar surface area (TPSA) is 15.3 Å². The van der Waals surface area contributed by atoms with Crippen LogP contribution in [0.4, 0.5) is 17.1 Å². The van der Waals surface area contributed by atoms with E-state index in [0.717, 1.165) is 0 Å². The third-order valence-corrected chi connectivity index (χ3v) is 4.16. The number of nitrogens with zero attached hydrogens (tertiary/aromatic N) is 1. The molecule has 0 saturated carbocycles. The fourth-order valence-corrected chi connectivity index (χ4v) is 3.42. The van der Waals surface area contributed by atoms with Crippen LogP contribution in [0.3, 0.4) is 0 Å². The van der Waals surface area contributed by atoms with Crippen LogP contribution in [0.1, 0.15) is 18.1 Å². The monoisotopic (exact) mass is 278 g/mol. The second-order valence-electron chi connectivity index (χ2n) is 5.53. The third-order valence-electron chi connectivity index (χ3n) is 4.16. The molecule has 21 heavy (non-hydrogen) atoms. The van der Waals surface area contributed by atoms with Gasteiger partial charge >= 0.3 is 0 Å². The van der Waals surface area contributed by atoms with Crippen molar-refractivity contribution in [2.45, 2.75) is 25.8 Å².